The summed E-state index contributed by atoms with van der Waals surface area (Å²) in [4.78, 5) is 2.38. The zero-order chi connectivity index (χ0) is 11.4. The van der Waals surface area contributed by atoms with Crippen molar-refractivity contribution in [2.45, 2.75) is 6.04 Å². The molecule has 0 bridgehead atoms. The number of nitrogens with one attached hydrogen (secondary N) is 1. The molecule has 86 valence electrons. The molecule has 3 heteroatoms. The van der Waals surface area contributed by atoms with Gasteiger partial charge < -0.3 is 5.32 Å². The van der Waals surface area contributed by atoms with Gasteiger partial charge in [-0.25, -0.2) is 0 Å². The van der Waals surface area contributed by atoms with Crippen molar-refractivity contribution in [3.05, 3.63) is 47.5 Å². The first-order valence-corrected chi connectivity index (χ1v) is 5.98. The molecule has 2 nitrogen and oxygen atoms in total. The van der Waals surface area contributed by atoms with Gasteiger partial charge in [0.15, 0.2) is 0 Å². The summed E-state index contributed by atoms with van der Waals surface area (Å²) >= 11 is 5.91. The number of hydrogen-bond acceptors (Lipinski definition) is 2. The maximum atomic E-state index is 5.91. The van der Waals surface area contributed by atoms with Gasteiger partial charge in [-0.05, 0) is 5.56 Å². The average Bonchev–Trinajstić information content (AvgIpc) is 2.30. The van der Waals surface area contributed by atoms with E-state index in [1.165, 1.54) is 5.56 Å². The summed E-state index contributed by atoms with van der Waals surface area (Å²) in [6.07, 6.45) is 0. The van der Waals surface area contributed by atoms with Crippen LogP contribution in [0.2, 0.25) is 0 Å². The number of nitrogens with zero attached hydrogens (tertiary/aromatic N) is 1. The monoisotopic (exact) mass is 236 g/mol. The third-order valence-corrected chi connectivity index (χ3v) is 3.03. The van der Waals surface area contributed by atoms with Gasteiger partial charge in [0.1, 0.15) is 0 Å². The standard InChI is InChI=1S/C13H17ClN2/c1-11(14)10-16-8-7-15-9-13(16)12-5-3-2-4-6-12/h2-6,13,15H,1,7-10H2. The molecule has 1 aliphatic heterocycles. The Bertz CT molecular complexity index is 350. The fourth-order valence-corrected chi connectivity index (χ4v) is 2.31. The lowest BCUT2D eigenvalue weighted by Gasteiger charge is -2.36. The normalized spacial score (nSPS) is 21.9. The molecule has 0 spiro atoms. The summed E-state index contributed by atoms with van der Waals surface area (Å²) in [6, 6.07) is 11.0. The van der Waals surface area contributed by atoms with Crippen LogP contribution in [0.4, 0.5) is 0 Å². The third kappa shape index (κ3) is 2.85. The van der Waals surface area contributed by atoms with E-state index in [0.29, 0.717) is 11.1 Å². The molecule has 0 aliphatic carbocycles. The molecular formula is C13H17ClN2. The van der Waals surface area contributed by atoms with E-state index in [9.17, 15) is 0 Å². The molecule has 1 fully saturated rings. The quantitative estimate of drug-likeness (QED) is 0.867. The molecule has 0 amide bonds. The predicted octanol–water partition coefficient (Wildman–Crippen LogP) is 2.39. The van der Waals surface area contributed by atoms with Gasteiger partial charge in [0, 0.05) is 37.3 Å². The van der Waals surface area contributed by atoms with Gasteiger partial charge in [-0.1, -0.05) is 48.5 Å². The first-order chi connectivity index (χ1) is 7.77. The smallest absolute Gasteiger partial charge is 0.0477 e. The Labute approximate surface area is 102 Å². The highest BCUT2D eigenvalue weighted by atomic mass is 35.5. The minimum atomic E-state index is 0.408. The van der Waals surface area contributed by atoms with Gasteiger partial charge in [0.25, 0.3) is 0 Å². The minimum Gasteiger partial charge on any atom is -0.314 e. The highest BCUT2D eigenvalue weighted by Gasteiger charge is 2.23. The van der Waals surface area contributed by atoms with Crippen molar-refractivity contribution in [2.75, 3.05) is 26.2 Å². The van der Waals surface area contributed by atoms with Crippen LogP contribution in [0, 0.1) is 0 Å². The molecule has 16 heavy (non-hydrogen) atoms. The number of hydrogen-bond donors (Lipinski definition) is 1. The van der Waals surface area contributed by atoms with Crippen LogP contribution in [0.1, 0.15) is 11.6 Å². The molecule has 1 atom stereocenters. The second-order valence-electron chi connectivity index (χ2n) is 4.12. The van der Waals surface area contributed by atoms with E-state index in [1.54, 1.807) is 0 Å². The number of benzene rings is 1. The largest absolute Gasteiger partial charge is 0.314 e. The van der Waals surface area contributed by atoms with E-state index in [0.717, 1.165) is 26.2 Å². The van der Waals surface area contributed by atoms with E-state index in [4.69, 9.17) is 11.6 Å². The first-order valence-electron chi connectivity index (χ1n) is 5.60. The topological polar surface area (TPSA) is 15.3 Å². The summed E-state index contributed by atoms with van der Waals surface area (Å²) in [5, 5.41) is 4.13. The minimum absolute atomic E-state index is 0.408. The molecule has 1 unspecified atom stereocenters. The maximum absolute atomic E-state index is 5.91. The highest BCUT2D eigenvalue weighted by molar-refractivity contribution is 6.29. The van der Waals surface area contributed by atoms with E-state index in [1.807, 2.05) is 6.07 Å². The van der Waals surface area contributed by atoms with Crippen LogP contribution in [-0.2, 0) is 0 Å². The Kier molecular flexibility index (Phi) is 3.99. The molecule has 0 radical (unpaired) electrons. The lowest BCUT2D eigenvalue weighted by Crippen LogP contribution is -2.46. The van der Waals surface area contributed by atoms with E-state index in [2.05, 4.69) is 41.1 Å². The Hall–Kier alpha value is -0.830. The van der Waals surface area contributed by atoms with Gasteiger partial charge in [-0.15, -0.1) is 0 Å². The van der Waals surface area contributed by atoms with Crippen LogP contribution in [0.15, 0.2) is 41.9 Å². The number of halogens is 1. The Morgan fingerprint density at radius 3 is 2.88 bits per heavy atom. The van der Waals surface area contributed by atoms with Gasteiger partial charge >= 0.3 is 0 Å². The van der Waals surface area contributed by atoms with Crippen LogP contribution < -0.4 is 5.32 Å². The summed E-state index contributed by atoms with van der Waals surface area (Å²) in [6.45, 7) is 7.57. The van der Waals surface area contributed by atoms with Crippen LogP contribution in [-0.4, -0.2) is 31.1 Å². The Morgan fingerprint density at radius 2 is 2.19 bits per heavy atom. The summed E-state index contributed by atoms with van der Waals surface area (Å²) in [7, 11) is 0. The molecular weight excluding hydrogens is 220 g/mol. The van der Waals surface area contributed by atoms with Crippen molar-refractivity contribution in [3.63, 3.8) is 0 Å². The average molecular weight is 237 g/mol. The molecule has 2 rings (SSSR count). The summed E-state index contributed by atoms with van der Waals surface area (Å²) in [5.41, 5.74) is 1.34. The fraction of sp³-hybridized carbons (Fsp3) is 0.385. The van der Waals surface area contributed by atoms with Crippen LogP contribution in [0.5, 0.6) is 0 Å². The molecule has 1 aromatic rings. The summed E-state index contributed by atoms with van der Waals surface area (Å²) in [5.74, 6) is 0. The first kappa shape index (κ1) is 11.6. The van der Waals surface area contributed by atoms with Crippen molar-refractivity contribution in [1.29, 1.82) is 0 Å². The Morgan fingerprint density at radius 1 is 1.44 bits per heavy atom. The molecule has 1 aliphatic rings. The van der Waals surface area contributed by atoms with Crippen molar-refractivity contribution in [1.82, 2.24) is 10.2 Å². The van der Waals surface area contributed by atoms with Gasteiger partial charge in [0.05, 0.1) is 0 Å². The van der Waals surface area contributed by atoms with Crippen LogP contribution in [0.3, 0.4) is 0 Å². The molecule has 1 saturated heterocycles. The lowest BCUT2D eigenvalue weighted by atomic mass is 10.0. The van der Waals surface area contributed by atoms with Gasteiger partial charge in [0.2, 0.25) is 0 Å². The highest BCUT2D eigenvalue weighted by Crippen LogP contribution is 2.22. The van der Waals surface area contributed by atoms with Crippen LogP contribution >= 0.6 is 11.6 Å². The number of piperazine rings is 1. The predicted molar refractivity (Wildman–Crippen MR) is 68.6 cm³/mol. The van der Waals surface area contributed by atoms with Crippen molar-refractivity contribution in [2.24, 2.45) is 0 Å². The Balaban J connectivity index is 2.13. The number of rotatable bonds is 3. The fourth-order valence-electron chi connectivity index (χ4n) is 2.16. The van der Waals surface area contributed by atoms with Crippen molar-refractivity contribution < 1.29 is 0 Å². The summed E-state index contributed by atoms with van der Waals surface area (Å²) < 4.78 is 0. The SMILES string of the molecule is C=C(Cl)CN1CCNCC1c1ccccc1. The maximum Gasteiger partial charge on any atom is 0.0477 e. The van der Waals surface area contributed by atoms with Crippen molar-refractivity contribution in [3.8, 4) is 0 Å². The van der Waals surface area contributed by atoms with Gasteiger partial charge in [-0.3, -0.25) is 4.90 Å². The third-order valence-electron chi connectivity index (χ3n) is 2.91. The van der Waals surface area contributed by atoms with Crippen LogP contribution in [0.25, 0.3) is 0 Å². The molecule has 1 N–H and O–H groups in total. The second-order valence-corrected chi connectivity index (χ2v) is 4.65. The van der Waals surface area contributed by atoms with E-state index >= 15 is 0 Å². The van der Waals surface area contributed by atoms with Crippen molar-refractivity contribution >= 4 is 11.6 Å². The van der Waals surface area contributed by atoms with E-state index in [-0.39, 0.29) is 0 Å². The molecule has 0 saturated carbocycles. The molecule has 1 aromatic carbocycles. The molecule has 0 aromatic heterocycles. The van der Waals surface area contributed by atoms with Gasteiger partial charge in [-0.2, -0.15) is 0 Å². The van der Waals surface area contributed by atoms with E-state index < -0.39 is 0 Å². The second kappa shape index (κ2) is 5.48. The molecule has 1 heterocycles. The zero-order valence-electron chi connectivity index (χ0n) is 9.32. The zero-order valence-corrected chi connectivity index (χ0v) is 10.1. The lowest BCUT2D eigenvalue weighted by molar-refractivity contribution is 0.179.